The summed E-state index contributed by atoms with van der Waals surface area (Å²) in [7, 11) is 0. The number of benzene rings is 2. The Morgan fingerprint density at radius 1 is 0.895 bits per heavy atom. The molecule has 2 heterocycles. The summed E-state index contributed by atoms with van der Waals surface area (Å²) in [4.78, 5) is 27.6. The van der Waals surface area contributed by atoms with Gasteiger partial charge in [0.05, 0.1) is 5.25 Å². The Labute approximate surface area is 228 Å². The van der Waals surface area contributed by atoms with Gasteiger partial charge in [0, 0.05) is 36.4 Å². The van der Waals surface area contributed by atoms with E-state index in [-0.39, 0.29) is 29.1 Å². The fraction of sp³-hybridized carbons (Fsp3) is 0.448. The fourth-order valence-corrected chi connectivity index (χ4v) is 6.17. The van der Waals surface area contributed by atoms with Crippen LogP contribution in [-0.4, -0.2) is 56.0 Å². The normalized spacial score (nSPS) is 17.7. The zero-order valence-electron chi connectivity index (χ0n) is 21.9. The van der Waals surface area contributed by atoms with Crippen LogP contribution in [0.2, 0.25) is 0 Å². The maximum atomic E-state index is 13.0. The van der Waals surface area contributed by atoms with Crippen molar-refractivity contribution in [2.24, 2.45) is 0 Å². The molecular weight excluding hydrogens is 496 g/mol. The Hall–Kier alpha value is -3.33. The van der Waals surface area contributed by atoms with E-state index in [0.29, 0.717) is 13.1 Å². The van der Waals surface area contributed by atoms with Crippen LogP contribution < -0.4 is 10.6 Å². The third kappa shape index (κ3) is 6.38. The van der Waals surface area contributed by atoms with E-state index >= 15 is 0 Å². The lowest BCUT2D eigenvalue weighted by molar-refractivity contribution is -0.121. The van der Waals surface area contributed by atoms with Gasteiger partial charge >= 0.3 is 6.03 Å². The van der Waals surface area contributed by atoms with Crippen LogP contribution in [-0.2, 0) is 4.79 Å². The van der Waals surface area contributed by atoms with Crippen LogP contribution in [0.4, 0.5) is 10.5 Å². The molecule has 1 saturated carbocycles. The van der Waals surface area contributed by atoms with Crippen LogP contribution >= 0.6 is 11.8 Å². The second-order valence-electron chi connectivity index (χ2n) is 10.2. The molecule has 0 spiro atoms. The van der Waals surface area contributed by atoms with Crippen molar-refractivity contribution in [3.8, 4) is 5.69 Å². The topological polar surface area (TPSA) is 92.2 Å². The van der Waals surface area contributed by atoms with Gasteiger partial charge in [-0.1, -0.05) is 67.4 Å². The minimum absolute atomic E-state index is 0.0591. The highest BCUT2D eigenvalue weighted by atomic mass is 32.2. The predicted octanol–water partition coefficient (Wildman–Crippen LogP) is 5.61. The number of aromatic nitrogens is 3. The van der Waals surface area contributed by atoms with Crippen LogP contribution in [0.25, 0.3) is 5.69 Å². The third-order valence-electron chi connectivity index (χ3n) is 7.45. The number of anilines is 1. The fourth-order valence-electron chi connectivity index (χ4n) is 5.28. The van der Waals surface area contributed by atoms with Gasteiger partial charge < -0.3 is 15.5 Å². The van der Waals surface area contributed by atoms with Crippen molar-refractivity contribution < 1.29 is 9.59 Å². The number of piperidine rings is 1. The molecule has 3 amide bonds. The second kappa shape index (κ2) is 12.5. The number of hydrogen-bond donors (Lipinski definition) is 2. The lowest BCUT2D eigenvalue weighted by atomic mass is 9.95. The van der Waals surface area contributed by atoms with Crippen molar-refractivity contribution in [3.05, 3.63) is 66.5 Å². The van der Waals surface area contributed by atoms with E-state index < -0.39 is 0 Å². The highest BCUT2D eigenvalue weighted by Gasteiger charge is 2.30. The second-order valence-corrected chi connectivity index (χ2v) is 11.5. The molecule has 1 aliphatic heterocycles. The molecule has 5 rings (SSSR count). The average Bonchev–Trinajstić information content (AvgIpc) is 3.38. The number of nitrogens with one attached hydrogen (secondary N) is 2. The predicted molar refractivity (Wildman–Crippen MR) is 151 cm³/mol. The van der Waals surface area contributed by atoms with Gasteiger partial charge in [0.25, 0.3) is 0 Å². The minimum atomic E-state index is -0.278. The number of hydrogen-bond acceptors (Lipinski definition) is 5. The summed E-state index contributed by atoms with van der Waals surface area (Å²) in [5.41, 5.74) is 1.78. The van der Waals surface area contributed by atoms with Gasteiger partial charge in [0.1, 0.15) is 5.82 Å². The number of nitrogens with zero attached hydrogens (tertiary/aromatic N) is 4. The molecule has 2 N–H and O–H groups in total. The lowest BCUT2D eigenvalue weighted by Gasteiger charge is -2.31. The van der Waals surface area contributed by atoms with Crippen molar-refractivity contribution >= 4 is 29.4 Å². The molecule has 2 aromatic carbocycles. The van der Waals surface area contributed by atoms with Crippen molar-refractivity contribution in [3.63, 3.8) is 0 Å². The van der Waals surface area contributed by atoms with Crippen molar-refractivity contribution in [2.45, 2.75) is 74.2 Å². The van der Waals surface area contributed by atoms with Gasteiger partial charge in [-0.15, -0.1) is 10.2 Å². The molecule has 1 saturated heterocycles. The number of carbonyl (C=O) groups is 2. The molecular formula is C29H36N6O2S. The molecule has 0 radical (unpaired) electrons. The van der Waals surface area contributed by atoms with E-state index in [4.69, 9.17) is 0 Å². The van der Waals surface area contributed by atoms with Crippen molar-refractivity contribution in [1.29, 1.82) is 0 Å². The van der Waals surface area contributed by atoms with E-state index in [1.54, 1.807) is 0 Å². The van der Waals surface area contributed by atoms with Crippen LogP contribution in [0, 0.1) is 0 Å². The van der Waals surface area contributed by atoms with Gasteiger partial charge in [-0.25, -0.2) is 4.79 Å². The van der Waals surface area contributed by atoms with Crippen LogP contribution in [0.1, 0.15) is 63.6 Å². The molecule has 1 aromatic heterocycles. The number of rotatable bonds is 7. The highest BCUT2D eigenvalue weighted by molar-refractivity contribution is 8.00. The summed E-state index contributed by atoms with van der Waals surface area (Å²) in [5, 5.41) is 15.8. The number of para-hydroxylation sites is 2. The molecule has 1 aliphatic carbocycles. The maximum absolute atomic E-state index is 13.0. The number of amides is 3. The van der Waals surface area contributed by atoms with E-state index in [1.807, 2.05) is 72.5 Å². The molecule has 0 bridgehead atoms. The smallest absolute Gasteiger partial charge is 0.321 e. The summed E-state index contributed by atoms with van der Waals surface area (Å²) in [5.74, 6) is 1.12. The van der Waals surface area contributed by atoms with E-state index in [0.717, 1.165) is 48.0 Å². The van der Waals surface area contributed by atoms with E-state index in [2.05, 4.69) is 25.4 Å². The minimum Gasteiger partial charge on any atom is -0.352 e. The first-order valence-corrected chi connectivity index (χ1v) is 14.5. The van der Waals surface area contributed by atoms with Crippen molar-refractivity contribution in [1.82, 2.24) is 25.0 Å². The first kappa shape index (κ1) is 26.3. The number of likely N-dealkylation sites (tertiary alicyclic amines) is 1. The molecule has 2 aliphatic rings. The molecule has 38 heavy (non-hydrogen) atoms. The number of carbonyl (C=O) groups excluding carboxylic acids is 2. The van der Waals surface area contributed by atoms with Gasteiger partial charge in [0.2, 0.25) is 5.91 Å². The summed E-state index contributed by atoms with van der Waals surface area (Å²) < 4.78 is 2.10. The van der Waals surface area contributed by atoms with Gasteiger partial charge in [-0.05, 0) is 56.9 Å². The lowest BCUT2D eigenvalue weighted by Crippen LogP contribution is -2.41. The summed E-state index contributed by atoms with van der Waals surface area (Å²) in [6.45, 7) is 3.23. The number of thioether (sulfide) groups is 1. The zero-order chi connectivity index (χ0) is 26.3. The molecule has 3 aromatic rings. The van der Waals surface area contributed by atoms with Crippen LogP contribution in [0.5, 0.6) is 0 Å². The summed E-state index contributed by atoms with van der Waals surface area (Å²) in [6, 6.07) is 19.8. The summed E-state index contributed by atoms with van der Waals surface area (Å²) in [6.07, 6.45) is 7.36. The number of urea groups is 1. The molecule has 9 heteroatoms. The van der Waals surface area contributed by atoms with Crippen LogP contribution in [0.15, 0.2) is 65.8 Å². The van der Waals surface area contributed by atoms with Crippen LogP contribution in [0.3, 0.4) is 0 Å². The molecule has 1 atom stereocenters. The monoisotopic (exact) mass is 532 g/mol. The van der Waals surface area contributed by atoms with Gasteiger partial charge in [0.15, 0.2) is 5.16 Å². The van der Waals surface area contributed by atoms with Gasteiger partial charge in [-0.2, -0.15) is 0 Å². The average molecular weight is 533 g/mol. The zero-order valence-corrected chi connectivity index (χ0v) is 22.7. The maximum Gasteiger partial charge on any atom is 0.321 e. The van der Waals surface area contributed by atoms with E-state index in [1.165, 1.54) is 31.0 Å². The largest absolute Gasteiger partial charge is 0.352 e. The Kier molecular flexibility index (Phi) is 8.63. The van der Waals surface area contributed by atoms with Crippen molar-refractivity contribution in [2.75, 3.05) is 18.4 Å². The van der Waals surface area contributed by atoms with Gasteiger partial charge in [-0.3, -0.25) is 9.36 Å². The quantitative estimate of drug-likeness (QED) is 0.386. The molecule has 200 valence electrons. The Morgan fingerprint density at radius 2 is 1.55 bits per heavy atom. The van der Waals surface area contributed by atoms with E-state index in [9.17, 15) is 9.59 Å². The molecule has 2 fully saturated rings. The molecule has 1 unspecified atom stereocenters. The third-order valence-corrected chi connectivity index (χ3v) is 8.49. The Morgan fingerprint density at radius 3 is 2.24 bits per heavy atom. The SMILES string of the molecule is CC(Sc1nnc(C2CCN(C(=O)Nc3ccccc3)CC2)n1-c1ccccc1)C(=O)NC1CCCCC1. The highest BCUT2D eigenvalue weighted by Crippen LogP contribution is 2.33. The molecule has 8 nitrogen and oxygen atoms in total. The standard InChI is InChI=1S/C29H36N6O2S/c1-21(27(36)30-23-11-5-2-6-12-23)38-29-33-32-26(35(29)25-15-9-4-10-16-25)22-17-19-34(20-18-22)28(37)31-24-13-7-3-8-14-24/h3-4,7-10,13-16,21-23H,2,5-6,11-12,17-20H2,1H3,(H,30,36)(H,31,37). The summed E-state index contributed by atoms with van der Waals surface area (Å²) >= 11 is 1.46. The first-order valence-electron chi connectivity index (χ1n) is 13.7. The Bertz CT molecular complexity index is 1200. The Balaban J connectivity index is 1.27. The first-order chi connectivity index (χ1) is 18.6.